The fourth-order valence-electron chi connectivity index (χ4n) is 3.15. The summed E-state index contributed by atoms with van der Waals surface area (Å²) in [6, 6.07) is 12.9. The number of aryl methyl sites for hydroxylation is 1. The number of halogens is 1. The van der Waals surface area contributed by atoms with E-state index in [0.717, 1.165) is 16.9 Å². The molecule has 4 rings (SSSR count). The van der Waals surface area contributed by atoms with E-state index in [-0.39, 0.29) is 18.1 Å². The Morgan fingerprint density at radius 3 is 2.72 bits per heavy atom. The molecule has 1 amide bonds. The van der Waals surface area contributed by atoms with Crippen molar-refractivity contribution in [2.24, 2.45) is 0 Å². The summed E-state index contributed by atoms with van der Waals surface area (Å²) in [7, 11) is 0. The molecule has 0 spiro atoms. The van der Waals surface area contributed by atoms with Crippen LogP contribution in [0.4, 0.5) is 5.82 Å². The number of anilines is 1. The third kappa shape index (κ3) is 2.77. The molecule has 2 aromatic heterocycles. The highest BCUT2D eigenvalue weighted by Crippen LogP contribution is 2.39. The van der Waals surface area contributed by atoms with Crippen molar-refractivity contribution in [3.63, 3.8) is 0 Å². The number of nitrogens with one attached hydrogen (secondary N) is 1. The Balaban J connectivity index is 1.83. The molecule has 5 nitrogen and oxygen atoms in total. The lowest BCUT2D eigenvalue weighted by atomic mass is 9.87. The Hall–Kier alpha value is -2.44. The zero-order chi connectivity index (χ0) is 17.6. The topological polar surface area (TPSA) is 64.0 Å². The zero-order valence-electron chi connectivity index (χ0n) is 13.3. The first-order chi connectivity index (χ1) is 12.0. The summed E-state index contributed by atoms with van der Waals surface area (Å²) in [5.74, 6) is -0.258. The summed E-state index contributed by atoms with van der Waals surface area (Å²) in [6.07, 6.45) is 0.114. The van der Waals surface area contributed by atoms with Gasteiger partial charge in [0.1, 0.15) is 5.82 Å². The van der Waals surface area contributed by atoms with E-state index in [9.17, 15) is 9.59 Å². The average molecular weight is 372 g/mol. The Morgan fingerprint density at radius 2 is 2.04 bits per heavy atom. The molecule has 25 heavy (non-hydrogen) atoms. The SMILES string of the molecule is Cc1nn(-c2ccccc2)c2c1[C@@H](C(=O)c1ccc(Cl)s1)CC(=O)N2. The van der Waals surface area contributed by atoms with Gasteiger partial charge in [0.05, 0.1) is 26.5 Å². The van der Waals surface area contributed by atoms with E-state index in [0.29, 0.717) is 15.0 Å². The van der Waals surface area contributed by atoms with Gasteiger partial charge in [-0.2, -0.15) is 5.10 Å². The number of Topliss-reactive ketones (excluding diaryl/α,β-unsaturated/α-hetero) is 1. The van der Waals surface area contributed by atoms with Crippen LogP contribution in [0, 0.1) is 6.92 Å². The van der Waals surface area contributed by atoms with E-state index < -0.39 is 5.92 Å². The summed E-state index contributed by atoms with van der Waals surface area (Å²) in [4.78, 5) is 25.8. The molecule has 0 saturated carbocycles. The van der Waals surface area contributed by atoms with Crippen LogP contribution in [0.3, 0.4) is 0 Å². The van der Waals surface area contributed by atoms with Gasteiger partial charge < -0.3 is 5.32 Å². The van der Waals surface area contributed by atoms with Crippen LogP contribution in [-0.4, -0.2) is 21.5 Å². The van der Waals surface area contributed by atoms with Gasteiger partial charge >= 0.3 is 0 Å². The first-order valence-corrected chi connectivity index (χ1v) is 8.98. The van der Waals surface area contributed by atoms with Gasteiger partial charge in [0.2, 0.25) is 5.91 Å². The molecule has 3 aromatic rings. The molecule has 1 aliphatic rings. The second kappa shape index (κ2) is 6.13. The maximum Gasteiger partial charge on any atom is 0.226 e. The number of thiophene rings is 1. The number of hydrogen-bond donors (Lipinski definition) is 1. The van der Waals surface area contributed by atoms with Crippen molar-refractivity contribution in [2.45, 2.75) is 19.3 Å². The maximum atomic E-state index is 13.0. The smallest absolute Gasteiger partial charge is 0.226 e. The number of aromatic nitrogens is 2. The molecule has 126 valence electrons. The van der Waals surface area contributed by atoms with Gasteiger partial charge in [0, 0.05) is 12.0 Å². The molecular weight excluding hydrogens is 358 g/mol. The molecule has 0 bridgehead atoms. The van der Waals surface area contributed by atoms with Gasteiger partial charge in [0.15, 0.2) is 5.78 Å². The van der Waals surface area contributed by atoms with Gasteiger partial charge in [-0.15, -0.1) is 11.3 Å². The van der Waals surface area contributed by atoms with Crippen LogP contribution in [-0.2, 0) is 4.79 Å². The zero-order valence-corrected chi connectivity index (χ0v) is 14.9. The van der Waals surface area contributed by atoms with Crippen LogP contribution < -0.4 is 5.32 Å². The van der Waals surface area contributed by atoms with Crippen LogP contribution in [0.5, 0.6) is 0 Å². The van der Waals surface area contributed by atoms with Crippen LogP contribution >= 0.6 is 22.9 Å². The van der Waals surface area contributed by atoms with Gasteiger partial charge in [-0.05, 0) is 31.2 Å². The van der Waals surface area contributed by atoms with Crippen molar-refractivity contribution < 1.29 is 9.59 Å². The quantitative estimate of drug-likeness (QED) is 0.701. The predicted molar refractivity (Wildman–Crippen MR) is 97.9 cm³/mol. The Labute approximate surface area is 153 Å². The van der Waals surface area contributed by atoms with E-state index in [2.05, 4.69) is 10.4 Å². The highest BCUT2D eigenvalue weighted by Gasteiger charge is 2.36. The summed E-state index contributed by atoms with van der Waals surface area (Å²) in [5.41, 5.74) is 2.34. The minimum absolute atomic E-state index is 0.0938. The number of nitrogens with zero attached hydrogens (tertiary/aromatic N) is 2. The van der Waals surface area contributed by atoms with Crippen LogP contribution in [0.15, 0.2) is 42.5 Å². The summed E-state index contributed by atoms with van der Waals surface area (Å²) >= 11 is 7.19. The summed E-state index contributed by atoms with van der Waals surface area (Å²) in [5, 5.41) is 7.43. The van der Waals surface area contributed by atoms with Crippen molar-refractivity contribution in [1.29, 1.82) is 0 Å². The van der Waals surface area contributed by atoms with Crippen LogP contribution in [0.25, 0.3) is 5.69 Å². The van der Waals surface area contributed by atoms with Crippen molar-refractivity contribution in [3.8, 4) is 5.69 Å². The lowest BCUT2D eigenvalue weighted by Gasteiger charge is -2.22. The number of carbonyl (C=O) groups excluding carboxylic acids is 2. The molecule has 1 atom stereocenters. The molecular formula is C18H14ClN3O2S. The Morgan fingerprint density at radius 1 is 1.28 bits per heavy atom. The molecule has 7 heteroatoms. The molecule has 1 aromatic carbocycles. The number of fused-ring (bicyclic) bond motifs is 1. The fraction of sp³-hybridized carbons (Fsp3) is 0.167. The second-order valence-electron chi connectivity index (χ2n) is 5.87. The number of para-hydroxylation sites is 1. The minimum Gasteiger partial charge on any atom is -0.310 e. The van der Waals surface area contributed by atoms with Gasteiger partial charge in [-0.1, -0.05) is 29.8 Å². The minimum atomic E-state index is -0.545. The number of benzene rings is 1. The molecule has 0 unspecified atom stereocenters. The lowest BCUT2D eigenvalue weighted by Crippen LogP contribution is -2.28. The average Bonchev–Trinajstić information content (AvgIpc) is 3.18. The van der Waals surface area contributed by atoms with Crippen LogP contribution in [0.2, 0.25) is 4.34 Å². The van der Waals surface area contributed by atoms with E-state index >= 15 is 0 Å². The molecule has 3 heterocycles. The molecule has 0 fully saturated rings. The van der Waals surface area contributed by atoms with E-state index in [1.54, 1.807) is 16.8 Å². The highest BCUT2D eigenvalue weighted by molar-refractivity contribution is 7.18. The first-order valence-electron chi connectivity index (χ1n) is 7.79. The lowest BCUT2D eigenvalue weighted by molar-refractivity contribution is -0.116. The van der Waals surface area contributed by atoms with Crippen molar-refractivity contribution in [1.82, 2.24) is 9.78 Å². The van der Waals surface area contributed by atoms with Gasteiger partial charge in [-0.25, -0.2) is 4.68 Å². The molecule has 0 saturated heterocycles. The molecule has 1 aliphatic heterocycles. The van der Waals surface area contributed by atoms with Gasteiger partial charge in [-0.3, -0.25) is 9.59 Å². The third-order valence-electron chi connectivity index (χ3n) is 4.24. The maximum absolute atomic E-state index is 13.0. The van der Waals surface area contributed by atoms with Crippen molar-refractivity contribution in [2.75, 3.05) is 5.32 Å². The molecule has 0 radical (unpaired) electrons. The standard InChI is InChI=1S/C18H14ClN3O2S/c1-10-16-12(17(24)13-7-8-14(19)25-13)9-15(23)20-18(16)22(21-10)11-5-3-2-4-6-11/h2-8,12H,9H2,1H3,(H,20,23)/t12-/m0/s1. The fourth-order valence-corrected chi connectivity index (χ4v) is 4.18. The van der Waals surface area contributed by atoms with E-state index in [1.807, 2.05) is 37.3 Å². The van der Waals surface area contributed by atoms with E-state index in [1.165, 1.54) is 11.3 Å². The number of ketones is 1. The summed E-state index contributed by atoms with van der Waals surface area (Å²) < 4.78 is 2.24. The second-order valence-corrected chi connectivity index (χ2v) is 7.58. The number of hydrogen-bond acceptors (Lipinski definition) is 4. The third-order valence-corrected chi connectivity index (χ3v) is 5.48. The monoisotopic (exact) mass is 371 g/mol. The largest absolute Gasteiger partial charge is 0.310 e. The van der Waals surface area contributed by atoms with Crippen molar-refractivity contribution >= 4 is 40.4 Å². The van der Waals surface area contributed by atoms with Crippen LogP contribution in [0.1, 0.15) is 33.3 Å². The Bertz CT molecular complexity index is 978. The van der Waals surface area contributed by atoms with Gasteiger partial charge in [0.25, 0.3) is 0 Å². The molecule has 1 N–H and O–H groups in total. The highest BCUT2D eigenvalue weighted by atomic mass is 35.5. The predicted octanol–water partition coefficient (Wildman–Crippen LogP) is 4.20. The normalized spacial score (nSPS) is 16.4. The first kappa shape index (κ1) is 16.1. The number of rotatable bonds is 3. The van der Waals surface area contributed by atoms with E-state index in [4.69, 9.17) is 11.6 Å². The van der Waals surface area contributed by atoms with Crippen molar-refractivity contribution in [3.05, 3.63) is 62.9 Å². The molecule has 0 aliphatic carbocycles. The Kier molecular flexibility index (Phi) is 3.94. The number of carbonyl (C=O) groups is 2. The number of amides is 1. The summed E-state index contributed by atoms with van der Waals surface area (Å²) in [6.45, 7) is 1.86.